The van der Waals surface area contributed by atoms with Gasteiger partial charge in [0.25, 0.3) is 0 Å². The molecule has 0 amide bonds. The minimum absolute atomic E-state index is 0.223. The first-order valence-corrected chi connectivity index (χ1v) is 5.06. The maximum absolute atomic E-state index is 11.4. The number of benzene rings is 1. The molecule has 3 nitrogen and oxygen atoms in total. The molecule has 1 aromatic rings. The predicted octanol–water partition coefficient (Wildman–Crippen LogP) is 1.90. The molecule has 0 spiro atoms. The molecular formula is C12H14O3. The van der Waals surface area contributed by atoms with E-state index in [1.54, 1.807) is 0 Å². The summed E-state index contributed by atoms with van der Waals surface area (Å²) < 4.78 is 10.3. The van der Waals surface area contributed by atoms with Crippen LogP contribution in [0.1, 0.15) is 24.0 Å². The van der Waals surface area contributed by atoms with Crippen molar-refractivity contribution < 1.29 is 14.3 Å². The van der Waals surface area contributed by atoms with Crippen LogP contribution in [0.3, 0.4) is 0 Å². The van der Waals surface area contributed by atoms with Crippen LogP contribution >= 0.6 is 0 Å². The van der Waals surface area contributed by atoms with Crippen molar-refractivity contribution >= 4 is 5.97 Å². The van der Waals surface area contributed by atoms with Crippen molar-refractivity contribution in [2.24, 2.45) is 0 Å². The molecule has 0 bridgehead atoms. The lowest BCUT2D eigenvalue weighted by atomic mass is 9.97. The molecule has 15 heavy (non-hydrogen) atoms. The third kappa shape index (κ3) is 1.69. The molecule has 2 rings (SSSR count). The average molecular weight is 206 g/mol. The molecule has 0 radical (unpaired) electrons. The molecule has 0 aromatic heterocycles. The van der Waals surface area contributed by atoms with Crippen molar-refractivity contribution in [3.05, 3.63) is 29.3 Å². The van der Waals surface area contributed by atoms with Crippen molar-refractivity contribution in [2.45, 2.75) is 19.3 Å². The average Bonchev–Trinajstić information content (AvgIpc) is 2.74. The van der Waals surface area contributed by atoms with Gasteiger partial charge in [-0.25, -0.2) is 0 Å². The normalized spacial score (nSPS) is 15.3. The number of ether oxygens (including phenoxy) is 2. The van der Waals surface area contributed by atoms with E-state index >= 15 is 0 Å². The van der Waals surface area contributed by atoms with Gasteiger partial charge in [-0.1, -0.05) is 18.2 Å². The standard InChI is InChI=1S/C12H14O3/c1-8(12(13)14-2)10-5-3-4-9-6-7-15-11(9)10/h3-5,8H,6-7H2,1-2H3. The largest absolute Gasteiger partial charge is 0.493 e. The Morgan fingerprint density at radius 3 is 3.07 bits per heavy atom. The molecule has 0 saturated heterocycles. The van der Waals surface area contributed by atoms with Gasteiger partial charge >= 0.3 is 5.97 Å². The monoisotopic (exact) mass is 206 g/mol. The topological polar surface area (TPSA) is 35.5 Å². The summed E-state index contributed by atoms with van der Waals surface area (Å²) in [5, 5.41) is 0. The number of para-hydroxylation sites is 1. The first kappa shape index (κ1) is 10.0. The molecular weight excluding hydrogens is 192 g/mol. The molecule has 1 aliphatic rings. The number of carbonyl (C=O) groups is 1. The third-order valence-corrected chi connectivity index (χ3v) is 2.77. The lowest BCUT2D eigenvalue weighted by molar-refractivity contribution is -0.142. The maximum atomic E-state index is 11.4. The van der Waals surface area contributed by atoms with E-state index in [1.807, 2.05) is 25.1 Å². The second kappa shape index (κ2) is 3.93. The Bertz CT molecular complexity index is 384. The van der Waals surface area contributed by atoms with E-state index in [4.69, 9.17) is 9.47 Å². The number of rotatable bonds is 2. The van der Waals surface area contributed by atoms with Gasteiger partial charge in [0.15, 0.2) is 0 Å². The van der Waals surface area contributed by atoms with Crippen molar-refractivity contribution in [1.82, 2.24) is 0 Å². The van der Waals surface area contributed by atoms with E-state index in [0.717, 1.165) is 17.7 Å². The van der Waals surface area contributed by atoms with E-state index < -0.39 is 0 Å². The zero-order valence-electron chi connectivity index (χ0n) is 8.95. The summed E-state index contributed by atoms with van der Waals surface area (Å²) in [5.41, 5.74) is 2.11. The third-order valence-electron chi connectivity index (χ3n) is 2.77. The van der Waals surface area contributed by atoms with E-state index in [9.17, 15) is 4.79 Å². The predicted molar refractivity (Wildman–Crippen MR) is 56.1 cm³/mol. The van der Waals surface area contributed by atoms with Gasteiger partial charge in [0.05, 0.1) is 19.6 Å². The van der Waals surface area contributed by atoms with Crippen molar-refractivity contribution in [3.63, 3.8) is 0 Å². The van der Waals surface area contributed by atoms with Crippen molar-refractivity contribution in [2.75, 3.05) is 13.7 Å². The summed E-state index contributed by atoms with van der Waals surface area (Å²) >= 11 is 0. The number of carbonyl (C=O) groups excluding carboxylic acids is 1. The Balaban J connectivity index is 2.36. The molecule has 0 saturated carbocycles. The highest BCUT2D eigenvalue weighted by Crippen LogP contribution is 2.34. The summed E-state index contributed by atoms with van der Waals surface area (Å²) in [6.07, 6.45) is 0.928. The molecule has 1 aromatic carbocycles. The van der Waals surface area contributed by atoms with Crippen LogP contribution in [0.2, 0.25) is 0 Å². The first-order valence-electron chi connectivity index (χ1n) is 5.06. The highest BCUT2D eigenvalue weighted by atomic mass is 16.5. The van der Waals surface area contributed by atoms with Crippen LogP contribution < -0.4 is 4.74 Å². The number of hydrogen-bond donors (Lipinski definition) is 0. The van der Waals surface area contributed by atoms with E-state index in [-0.39, 0.29) is 11.9 Å². The fourth-order valence-corrected chi connectivity index (χ4v) is 1.89. The van der Waals surface area contributed by atoms with Gasteiger partial charge in [0.2, 0.25) is 0 Å². The lowest BCUT2D eigenvalue weighted by Gasteiger charge is -2.13. The van der Waals surface area contributed by atoms with Crippen LogP contribution in [0.25, 0.3) is 0 Å². The van der Waals surface area contributed by atoms with Gasteiger partial charge in [-0.05, 0) is 12.5 Å². The highest BCUT2D eigenvalue weighted by molar-refractivity contribution is 5.79. The minimum Gasteiger partial charge on any atom is -0.493 e. The van der Waals surface area contributed by atoms with Crippen molar-refractivity contribution in [1.29, 1.82) is 0 Å². The van der Waals surface area contributed by atoms with Crippen LogP contribution in [0.5, 0.6) is 5.75 Å². The van der Waals surface area contributed by atoms with E-state index in [2.05, 4.69) is 0 Å². The molecule has 0 N–H and O–H groups in total. The molecule has 1 aliphatic heterocycles. The number of methoxy groups -OCH3 is 1. The van der Waals surface area contributed by atoms with E-state index in [0.29, 0.717) is 6.61 Å². The second-order valence-electron chi connectivity index (χ2n) is 3.68. The van der Waals surface area contributed by atoms with Crippen LogP contribution in [0.15, 0.2) is 18.2 Å². The molecule has 1 unspecified atom stereocenters. The number of hydrogen-bond acceptors (Lipinski definition) is 3. The number of esters is 1. The SMILES string of the molecule is COC(=O)C(C)c1cccc2c1OCC2. The minimum atomic E-state index is -0.261. The van der Waals surface area contributed by atoms with Gasteiger partial charge in [0.1, 0.15) is 5.75 Å². The molecule has 1 atom stereocenters. The van der Waals surface area contributed by atoms with Crippen LogP contribution in [0, 0.1) is 0 Å². The molecule has 1 heterocycles. The molecule has 80 valence electrons. The fourth-order valence-electron chi connectivity index (χ4n) is 1.89. The summed E-state index contributed by atoms with van der Waals surface area (Å²) in [6.45, 7) is 2.55. The van der Waals surface area contributed by atoms with Gasteiger partial charge in [-0.15, -0.1) is 0 Å². The summed E-state index contributed by atoms with van der Waals surface area (Å²) in [6, 6.07) is 5.92. The zero-order chi connectivity index (χ0) is 10.8. The molecule has 0 fully saturated rings. The first-order chi connectivity index (χ1) is 7.24. The Morgan fingerprint density at radius 2 is 2.33 bits per heavy atom. The molecule has 3 heteroatoms. The zero-order valence-corrected chi connectivity index (χ0v) is 8.95. The van der Waals surface area contributed by atoms with Crippen LogP contribution in [0.4, 0.5) is 0 Å². The summed E-state index contributed by atoms with van der Waals surface area (Å²) in [4.78, 5) is 11.4. The smallest absolute Gasteiger partial charge is 0.312 e. The van der Waals surface area contributed by atoms with Gasteiger partial charge in [-0.2, -0.15) is 0 Å². The summed E-state index contributed by atoms with van der Waals surface area (Å²) in [7, 11) is 1.41. The lowest BCUT2D eigenvalue weighted by Crippen LogP contribution is -2.11. The Labute approximate surface area is 89.0 Å². The van der Waals surface area contributed by atoms with Crippen LogP contribution in [-0.4, -0.2) is 19.7 Å². The Kier molecular flexibility index (Phi) is 2.62. The fraction of sp³-hybridized carbons (Fsp3) is 0.417. The van der Waals surface area contributed by atoms with Gasteiger partial charge in [-0.3, -0.25) is 4.79 Å². The quantitative estimate of drug-likeness (QED) is 0.693. The van der Waals surface area contributed by atoms with Crippen molar-refractivity contribution in [3.8, 4) is 5.75 Å². The van der Waals surface area contributed by atoms with Crippen LogP contribution in [-0.2, 0) is 16.0 Å². The van der Waals surface area contributed by atoms with Gasteiger partial charge in [0, 0.05) is 12.0 Å². The highest BCUT2D eigenvalue weighted by Gasteiger charge is 2.24. The maximum Gasteiger partial charge on any atom is 0.312 e. The van der Waals surface area contributed by atoms with E-state index in [1.165, 1.54) is 12.7 Å². The summed E-state index contributed by atoms with van der Waals surface area (Å²) in [5.74, 6) is 0.386. The number of fused-ring (bicyclic) bond motifs is 1. The Morgan fingerprint density at radius 1 is 1.53 bits per heavy atom. The van der Waals surface area contributed by atoms with Gasteiger partial charge < -0.3 is 9.47 Å². The second-order valence-corrected chi connectivity index (χ2v) is 3.68. The Hall–Kier alpha value is -1.51. The molecule has 0 aliphatic carbocycles.